The van der Waals surface area contributed by atoms with E-state index in [9.17, 15) is 18.8 Å². The Bertz CT molecular complexity index is 1020. The number of halogens is 3. The molecule has 0 fully saturated rings. The lowest BCUT2D eigenvalue weighted by Gasteiger charge is -2.18. The summed E-state index contributed by atoms with van der Waals surface area (Å²) in [4.78, 5) is 38.4. The quantitative estimate of drug-likeness (QED) is 0.579. The fourth-order valence-electron chi connectivity index (χ4n) is 2.60. The van der Waals surface area contributed by atoms with E-state index in [4.69, 9.17) is 27.9 Å². The van der Waals surface area contributed by atoms with E-state index < -0.39 is 23.6 Å². The van der Waals surface area contributed by atoms with E-state index in [-0.39, 0.29) is 39.3 Å². The summed E-state index contributed by atoms with van der Waals surface area (Å²) in [5.74, 6) is -2.89. The second-order valence-electron chi connectivity index (χ2n) is 5.63. The molecule has 0 saturated heterocycles. The van der Waals surface area contributed by atoms with E-state index in [1.165, 1.54) is 24.3 Å². The average molecular weight is 423 g/mol. The molecule has 0 saturated carbocycles. The third-order valence-corrected chi connectivity index (χ3v) is 4.50. The van der Waals surface area contributed by atoms with Crippen LogP contribution in [-0.4, -0.2) is 24.4 Å². The summed E-state index contributed by atoms with van der Waals surface area (Å²) in [6.07, 6.45) is 0. The largest absolute Gasteiger partial charge is 0.462 e. The zero-order chi connectivity index (χ0) is 20.4. The number of para-hydroxylation sites is 1. The van der Waals surface area contributed by atoms with E-state index >= 15 is 0 Å². The molecule has 28 heavy (non-hydrogen) atoms. The van der Waals surface area contributed by atoms with Crippen LogP contribution in [0.3, 0.4) is 0 Å². The van der Waals surface area contributed by atoms with Crippen LogP contribution in [0.15, 0.2) is 53.2 Å². The Morgan fingerprint density at radius 1 is 1.14 bits per heavy atom. The third-order valence-electron chi connectivity index (χ3n) is 3.86. The van der Waals surface area contributed by atoms with Crippen molar-refractivity contribution in [2.75, 3.05) is 16.8 Å². The van der Waals surface area contributed by atoms with Gasteiger partial charge in [0.25, 0.3) is 11.8 Å². The van der Waals surface area contributed by atoms with Gasteiger partial charge in [-0.25, -0.2) is 14.1 Å². The topological polar surface area (TPSA) is 75.7 Å². The van der Waals surface area contributed by atoms with E-state index in [2.05, 4.69) is 5.32 Å². The lowest BCUT2D eigenvalue weighted by molar-refractivity contribution is -0.120. The molecule has 0 spiro atoms. The normalized spacial score (nSPS) is 13.9. The number of rotatable bonds is 5. The predicted octanol–water partition coefficient (Wildman–Crippen LogP) is 4.09. The minimum atomic E-state index is -0.806. The van der Waals surface area contributed by atoms with E-state index in [1.54, 1.807) is 19.1 Å². The maximum Gasteiger partial charge on any atom is 0.340 e. The number of carbonyl (C=O) groups excluding carboxylic acids is 3. The Morgan fingerprint density at radius 2 is 1.86 bits per heavy atom. The minimum Gasteiger partial charge on any atom is -0.462 e. The third kappa shape index (κ3) is 3.58. The first-order valence-electron chi connectivity index (χ1n) is 8.12. The van der Waals surface area contributed by atoms with Crippen molar-refractivity contribution in [2.45, 2.75) is 6.92 Å². The second kappa shape index (κ2) is 8.00. The molecule has 9 heteroatoms. The smallest absolute Gasteiger partial charge is 0.340 e. The molecule has 0 aliphatic carbocycles. The SMILES string of the molecule is CCOC(=O)c1ccccc1N1C(=O)C(Cl)=C(Nc2ccc(F)c(Cl)c2)C1=O. The zero-order valence-corrected chi connectivity index (χ0v) is 16.0. The Balaban J connectivity index is 1.95. The van der Waals surface area contributed by atoms with Crippen LogP contribution >= 0.6 is 23.2 Å². The van der Waals surface area contributed by atoms with Crippen molar-refractivity contribution in [1.82, 2.24) is 0 Å². The molecule has 0 aromatic heterocycles. The number of nitrogens with one attached hydrogen (secondary N) is 1. The molecule has 1 heterocycles. The Hall–Kier alpha value is -2.90. The van der Waals surface area contributed by atoms with Crippen molar-refractivity contribution >= 4 is 52.4 Å². The number of benzene rings is 2. The predicted molar refractivity (Wildman–Crippen MR) is 103 cm³/mol. The molecule has 3 rings (SSSR count). The zero-order valence-electron chi connectivity index (χ0n) is 14.5. The van der Waals surface area contributed by atoms with Crippen molar-refractivity contribution in [3.63, 3.8) is 0 Å². The summed E-state index contributed by atoms with van der Waals surface area (Å²) < 4.78 is 18.3. The van der Waals surface area contributed by atoms with Gasteiger partial charge in [-0.05, 0) is 37.3 Å². The number of esters is 1. The molecule has 1 N–H and O–H groups in total. The van der Waals surface area contributed by atoms with Crippen LogP contribution in [-0.2, 0) is 14.3 Å². The number of hydrogen-bond acceptors (Lipinski definition) is 5. The summed E-state index contributed by atoms with van der Waals surface area (Å²) in [5, 5.41) is 2.15. The highest BCUT2D eigenvalue weighted by atomic mass is 35.5. The number of ether oxygens (including phenoxy) is 1. The van der Waals surface area contributed by atoms with Crippen molar-refractivity contribution in [3.05, 3.63) is 69.6 Å². The molecule has 144 valence electrons. The van der Waals surface area contributed by atoms with Crippen molar-refractivity contribution in [2.24, 2.45) is 0 Å². The fraction of sp³-hybridized carbons (Fsp3) is 0.105. The first kappa shape index (κ1) is 19.9. The molecule has 2 amide bonds. The summed E-state index contributed by atoms with van der Waals surface area (Å²) in [7, 11) is 0. The minimum absolute atomic E-state index is 0.0431. The Morgan fingerprint density at radius 3 is 2.54 bits per heavy atom. The first-order valence-corrected chi connectivity index (χ1v) is 8.87. The van der Waals surface area contributed by atoms with Gasteiger partial charge >= 0.3 is 5.97 Å². The van der Waals surface area contributed by atoms with Gasteiger partial charge < -0.3 is 10.1 Å². The Kier molecular flexibility index (Phi) is 5.67. The van der Waals surface area contributed by atoms with Crippen molar-refractivity contribution < 1.29 is 23.5 Å². The van der Waals surface area contributed by atoms with E-state index in [0.717, 1.165) is 11.0 Å². The maximum atomic E-state index is 13.3. The fourth-order valence-corrected chi connectivity index (χ4v) is 2.99. The van der Waals surface area contributed by atoms with Crippen molar-refractivity contribution in [1.29, 1.82) is 0 Å². The van der Waals surface area contributed by atoms with Gasteiger partial charge in [-0.1, -0.05) is 35.3 Å². The summed E-state index contributed by atoms with van der Waals surface area (Å²) in [6, 6.07) is 9.71. The Labute approximate surface area is 169 Å². The van der Waals surface area contributed by atoms with Crippen LogP contribution in [0.2, 0.25) is 5.02 Å². The standard InChI is InChI=1S/C19H13Cl2FN2O4/c1-2-28-19(27)11-5-3-4-6-14(11)24-17(25)15(21)16(18(24)26)23-10-7-8-13(22)12(20)9-10/h3-9,23H,2H2,1H3. The number of amides is 2. The molecule has 0 atom stereocenters. The summed E-state index contributed by atoms with van der Waals surface area (Å²) >= 11 is 11.8. The van der Waals surface area contributed by atoms with Crippen LogP contribution in [0.1, 0.15) is 17.3 Å². The molecule has 0 bridgehead atoms. The second-order valence-corrected chi connectivity index (χ2v) is 6.41. The number of nitrogens with zero attached hydrogens (tertiary/aromatic N) is 1. The summed E-state index contributed by atoms with van der Waals surface area (Å²) in [5.41, 5.74) is 0.138. The van der Waals surface area contributed by atoms with Crippen molar-refractivity contribution in [3.8, 4) is 0 Å². The molecule has 2 aromatic rings. The monoisotopic (exact) mass is 422 g/mol. The highest BCUT2D eigenvalue weighted by Crippen LogP contribution is 2.33. The van der Waals surface area contributed by atoms with Crippen LogP contribution < -0.4 is 10.2 Å². The summed E-state index contributed by atoms with van der Waals surface area (Å²) in [6.45, 7) is 1.77. The number of hydrogen-bond donors (Lipinski definition) is 1. The van der Waals surface area contributed by atoms with Gasteiger partial charge in [0.05, 0.1) is 22.9 Å². The molecule has 0 unspecified atom stereocenters. The van der Waals surface area contributed by atoms with Gasteiger partial charge in [0.1, 0.15) is 16.5 Å². The van der Waals surface area contributed by atoms with Gasteiger partial charge in [-0.2, -0.15) is 0 Å². The molecule has 1 aliphatic rings. The molecule has 0 radical (unpaired) electrons. The van der Waals surface area contributed by atoms with Crippen LogP contribution in [0.5, 0.6) is 0 Å². The van der Waals surface area contributed by atoms with Gasteiger partial charge in [0.2, 0.25) is 0 Å². The molecule has 1 aliphatic heterocycles. The van der Waals surface area contributed by atoms with Gasteiger partial charge in [-0.15, -0.1) is 0 Å². The van der Waals surface area contributed by atoms with E-state index in [0.29, 0.717) is 0 Å². The molecule has 6 nitrogen and oxygen atoms in total. The lowest BCUT2D eigenvalue weighted by atomic mass is 10.1. The highest BCUT2D eigenvalue weighted by Gasteiger charge is 2.40. The molecular weight excluding hydrogens is 410 g/mol. The molecular formula is C19H13Cl2FN2O4. The van der Waals surface area contributed by atoms with Gasteiger partial charge in [-0.3, -0.25) is 9.59 Å². The van der Waals surface area contributed by atoms with E-state index in [1.807, 2.05) is 0 Å². The highest BCUT2D eigenvalue weighted by molar-refractivity contribution is 6.53. The van der Waals surface area contributed by atoms with Gasteiger partial charge in [0, 0.05) is 5.69 Å². The first-order chi connectivity index (χ1) is 13.3. The molecule has 2 aromatic carbocycles. The van der Waals surface area contributed by atoms with Crippen LogP contribution in [0, 0.1) is 5.82 Å². The van der Waals surface area contributed by atoms with Crippen LogP contribution in [0.25, 0.3) is 0 Å². The maximum absolute atomic E-state index is 13.3. The number of imide groups is 1. The number of anilines is 2. The number of carbonyl (C=O) groups is 3. The van der Waals surface area contributed by atoms with Crippen LogP contribution in [0.4, 0.5) is 15.8 Å². The lowest BCUT2D eigenvalue weighted by Crippen LogP contribution is -2.33. The van der Waals surface area contributed by atoms with Gasteiger partial charge in [0.15, 0.2) is 0 Å². The average Bonchev–Trinajstić information content (AvgIpc) is 2.88.